The highest BCUT2D eigenvalue weighted by Crippen LogP contribution is 2.43. The number of fused-ring (bicyclic) bond motifs is 2. The predicted molar refractivity (Wildman–Crippen MR) is 88.2 cm³/mol. The number of benzene rings is 2. The summed E-state index contributed by atoms with van der Waals surface area (Å²) >= 11 is 8.10. The van der Waals surface area contributed by atoms with Crippen molar-refractivity contribution in [3.05, 3.63) is 51.9 Å². The SMILES string of the molecule is CC1=C(c2ccc(Cl)c3ccccc23)N2CCN=C2S1. The lowest BCUT2D eigenvalue weighted by Crippen LogP contribution is -2.20. The van der Waals surface area contributed by atoms with Crippen LogP contribution in [0.4, 0.5) is 0 Å². The molecule has 0 unspecified atom stereocenters. The minimum atomic E-state index is 0.809. The molecule has 100 valence electrons. The van der Waals surface area contributed by atoms with Crippen molar-refractivity contribution in [3.63, 3.8) is 0 Å². The Morgan fingerprint density at radius 1 is 1.15 bits per heavy atom. The van der Waals surface area contributed by atoms with Crippen LogP contribution in [-0.4, -0.2) is 23.2 Å². The summed E-state index contributed by atoms with van der Waals surface area (Å²) in [6.07, 6.45) is 0. The van der Waals surface area contributed by atoms with Crippen LogP contribution in [0.5, 0.6) is 0 Å². The summed E-state index contributed by atoms with van der Waals surface area (Å²) in [4.78, 5) is 8.20. The first-order valence-electron chi connectivity index (χ1n) is 6.64. The van der Waals surface area contributed by atoms with Crippen molar-refractivity contribution in [2.45, 2.75) is 6.92 Å². The molecule has 0 fully saturated rings. The second-order valence-electron chi connectivity index (χ2n) is 4.96. The van der Waals surface area contributed by atoms with Gasteiger partial charge in [-0.2, -0.15) is 0 Å². The zero-order valence-electron chi connectivity index (χ0n) is 11.1. The Bertz CT molecular complexity index is 779. The third kappa shape index (κ3) is 1.70. The fourth-order valence-corrected chi connectivity index (χ4v) is 4.17. The first-order valence-corrected chi connectivity index (χ1v) is 7.83. The van der Waals surface area contributed by atoms with Gasteiger partial charge in [0.2, 0.25) is 0 Å². The molecule has 0 bridgehead atoms. The molecule has 2 aliphatic heterocycles. The topological polar surface area (TPSA) is 15.6 Å². The van der Waals surface area contributed by atoms with Crippen molar-refractivity contribution in [2.75, 3.05) is 13.1 Å². The van der Waals surface area contributed by atoms with Crippen molar-refractivity contribution in [3.8, 4) is 0 Å². The van der Waals surface area contributed by atoms with Crippen molar-refractivity contribution in [1.82, 2.24) is 4.90 Å². The molecule has 0 atom stereocenters. The highest BCUT2D eigenvalue weighted by molar-refractivity contribution is 8.17. The van der Waals surface area contributed by atoms with E-state index in [1.165, 1.54) is 21.6 Å². The van der Waals surface area contributed by atoms with Crippen LogP contribution in [0.2, 0.25) is 5.02 Å². The van der Waals surface area contributed by atoms with Crippen LogP contribution in [0.1, 0.15) is 12.5 Å². The summed E-state index contributed by atoms with van der Waals surface area (Å²) in [7, 11) is 0. The Kier molecular flexibility index (Phi) is 2.79. The number of halogens is 1. The molecule has 0 N–H and O–H groups in total. The molecule has 20 heavy (non-hydrogen) atoms. The lowest BCUT2D eigenvalue weighted by atomic mass is 10.0. The van der Waals surface area contributed by atoms with Crippen molar-refractivity contribution in [2.24, 2.45) is 4.99 Å². The third-order valence-corrected chi connectivity index (χ3v) is 5.14. The summed E-state index contributed by atoms with van der Waals surface area (Å²) < 4.78 is 0. The highest BCUT2D eigenvalue weighted by atomic mass is 35.5. The van der Waals surface area contributed by atoms with Gasteiger partial charge in [0, 0.05) is 27.4 Å². The largest absolute Gasteiger partial charge is 0.318 e. The molecule has 2 nitrogen and oxygen atoms in total. The molecular formula is C16H13ClN2S. The second-order valence-corrected chi connectivity index (χ2v) is 6.55. The van der Waals surface area contributed by atoms with E-state index in [0.29, 0.717) is 0 Å². The molecule has 0 saturated carbocycles. The first kappa shape index (κ1) is 12.3. The number of thioether (sulfide) groups is 1. The normalized spacial score (nSPS) is 17.9. The minimum Gasteiger partial charge on any atom is -0.318 e. The Morgan fingerprint density at radius 2 is 1.95 bits per heavy atom. The third-order valence-electron chi connectivity index (χ3n) is 3.78. The summed E-state index contributed by atoms with van der Waals surface area (Å²) in [5, 5.41) is 4.27. The number of hydrogen-bond acceptors (Lipinski definition) is 3. The predicted octanol–water partition coefficient (Wildman–Crippen LogP) is 4.60. The molecule has 0 aliphatic carbocycles. The minimum absolute atomic E-state index is 0.809. The van der Waals surface area contributed by atoms with Gasteiger partial charge in [0.1, 0.15) is 0 Å². The van der Waals surface area contributed by atoms with Crippen LogP contribution in [0, 0.1) is 0 Å². The van der Waals surface area contributed by atoms with Gasteiger partial charge in [-0.15, -0.1) is 0 Å². The van der Waals surface area contributed by atoms with E-state index in [1.54, 1.807) is 11.8 Å². The second kappa shape index (κ2) is 4.54. The van der Waals surface area contributed by atoms with E-state index >= 15 is 0 Å². The molecule has 0 radical (unpaired) electrons. The zero-order valence-corrected chi connectivity index (χ0v) is 12.6. The Morgan fingerprint density at radius 3 is 2.80 bits per heavy atom. The van der Waals surface area contributed by atoms with E-state index in [-0.39, 0.29) is 0 Å². The molecule has 0 saturated heterocycles. The maximum atomic E-state index is 6.32. The number of aliphatic imine (C=N–C) groups is 1. The van der Waals surface area contributed by atoms with E-state index < -0.39 is 0 Å². The zero-order chi connectivity index (χ0) is 13.7. The smallest absolute Gasteiger partial charge is 0.168 e. The lowest BCUT2D eigenvalue weighted by Gasteiger charge is -2.19. The number of hydrogen-bond donors (Lipinski definition) is 0. The quantitative estimate of drug-likeness (QED) is 0.765. The van der Waals surface area contributed by atoms with Gasteiger partial charge in [0.15, 0.2) is 5.17 Å². The molecule has 2 heterocycles. The molecule has 2 aromatic rings. The van der Waals surface area contributed by atoms with E-state index in [9.17, 15) is 0 Å². The number of allylic oxidation sites excluding steroid dienone is 1. The molecule has 2 aromatic carbocycles. The van der Waals surface area contributed by atoms with E-state index in [2.05, 4.69) is 41.1 Å². The molecular weight excluding hydrogens is 288 g/mol. The molecule has 0 aromatic heterocycles. The van der Waals surface area contributed by atoms with Crippen LogP contribution in [0.3, 0.4) is 0 Å². The molecule has 0 amide bonds. The van der Waals surface area contributed by atoms with E-state index in [1.807, 2.05) is 12.1 Å². The Balaban J connectivity index is 1.98. The summed E-state index contributed by atoms with van der Waals surface area (Å²) in [6.45, 7) is 4.04. The van der Waals surface area contributed by atoms with Gasteiger partial charge in [-0.1, -0.05) is 53.7 Å². The van der Waals surface area contributed by atoms with Gasteiger partial charge in [-0.05, 0) is 18.4 Å². The van der Waals surface area contributed by atoms with Gasteiger partial charge in [0.05, 0.1) is 12.2 Å². The lowest BCUT2D eigenvalue weighted by molar-refractivity contribution is 0.648. The summed E-state index contributed by atoms with van der Waals surface area (Å²) in [6, 6.07) is 12.5. The van der Waals surface area contributed by atoms with Crippen molar-refractivity contribution < 1.29 is 0 Å². The average Bonchev–Trinajstić information content (AvgIpc) is 3.01. The summed E-state index contributed by atoms with van der Waals surface area (Å²) in [5.41, 5.74) is 2.54. The van der Waals surface area contributed by atoms with Crippen LogP contribution in [0.15, 0.2) is 46.3 Å². The molecule has 0 spiro atoms. The number of nitrogens with zero attached hydrogens (tertiary/aromatic N) is 2. The van der Waals surface area contributed by atoms with Crippen LogP contribution >= 0.6 is 23.4 Å². The van der Waals surface area contributed by atoms with Gasteiger partial charge in [0.25, 0.3) is 0 Å². The van der Waals surface area contributed by atoms with Gasteiger partial charge < -0.3 is 4.90 Å². The van der Waals surface area contributed by atoms with Crippen molar-refractivity contribution in [1.29, 1.82) is 0 Å². The van der Waals surface area contributed by atoms with E-state index in [0.717, 1.165) is 28.7 Å². The maximum absolute atomic E-state index is 6.32. The van der Waals surface area contributed by atoms with Gasteiger partial charge in [-0.3, -0.25) is 4.99 Å². The molecule has 4 rings (SSSR count). The Hall–Kier alpha value is -1.45. The fourth-order valence-electron chi connectivity index (χ4n) is 2.90. The molecule has 2 aliphatic rings. The standard InChI is InChI=1S/C16H13ClN2S/c1-10-15(19-9-8-18-16(19)20-10)13-6-7-14(17)12-5-3-2-4-11(12)13/h2-7H,8-9H2,1H3. The highest BCUT2D eigenvalue weighted by Gasteiger charge is 2.31. The number of rotatable bonds is 1. The van der Waals surface area contributed by atoms with Gasteiger partial charge in [-0.25, -0.2) is 0 Å². The van der Waals surface area contributed by atoms with Crippen LogP contribution < -0.4 is 0 Å². The first-order chi connectivity index (χ1) is 9.75. The van der Waals surface area contributed by atoms with Gasteiger partial charge >= 0.3 is 0 Å². The van der Waals surface area contributed by atoms with E-state index in [4.69, 9.17) is 11.6 Å². The number of amidine groups is 1. The molecule has 4 heteroatoms. The fraction of sp³-hybridized carbons (Fsp3) is 0.188. The average molecular weight is 301 g/mol. The summed E-state index contributed by atoms with van der Waals surface area (Å²) in [5.74, 6) is 0. The van der Waals surface area contributed by atoms with Crippen LogP contribution in [0.25, 0.3) is 16.5 Å². The van der Waals surface area contributed by atoms with Crippen LogP contribution in [-0.2, 0) is 0 Å². The monoisotopic (exact) mass is 300 g/mol. The Labute approximate surface area is 127 Å². The maximum Gasteiger partial charge on any atom is 0.168 e. The van der Waals surface area contributed by atoms with Crippen molar-refractivity contribution >= 4 is 45.0 Å².